The maximum absolute atomic E-state index is 14.5. The second kappa shape index (κ2) is 12.3. The first-order valence-corrected chi connectivity index (χ1v) is 10.9. The van der Waals surface area contributed by atoms with Crippen LogP contribution in [0.5, 0.6) is 11.5 Å². The lowest BCUT2D eigenvalue weighted by Gasteiger charge is -2.32. The van der Waals surface area contributed by atoms with Gasteiger partial charge < -0.3 is 19.7 Å². The van der Waals surface area contributed by atoms with Gasteiger partial charge in [-0.15, -0.1) is 24.0 Å². The molecule has 2 saturated heterocycles. The Morgan fingerprint density at radius 3 is 2.84 bits per heavy atom. The van der Waals surface area contributed by atoms with Gasteiger partial charge in [-0.2, -0.15) is 0 Å². The van der Waals surface area contributed by atoms with E-state index in [2.05, 4.69) is 27.0 Å². The Morgan fingerprint density at radius 2 is 2.12 bits per heavy atom. The van der Waals surface area contributed by atoms with Crippen molar-refractivity contribution in [1.82, 2.24) is 20.1 Å². The highest BCUT2D eigenvalue weighted by atomic mass is 127. The van der Waals surface area contributed by atoms with Crippen molar-refractivity contribution in [3.63, 3.8) is 0 Å². The van der Waals surface area contributed by atoms with Gasteiger partial charge in [0.15, 0.2) is 17.5 Å². The summed E-state index contributed by atoms with van der Waals surface area (Å²) in [6, 6.07) is 9.01. The first kappa shape index (κ1) is 24.7. The van der Waals surface area contributed by atoms with Gasteiger partial charge in [-0.3, -0.25) is 9.88 Å². The molecule has 0 amide bonds. The third-order valence-corrected chi connectivity index (χ3v) is 5.63. The van der Waals surface area contributed by atoms with E-state index in [4.69, 9.17) is 14.5 Å². The highest BCUT2D eigenvalue weighted by Crippen LogP contribution is 2.25. The number of guanidine groups is 1. The first-order valence-electron chi connectivity index (χ1n) is 10.9. The molecule has 1 N–H and O–H groups in total. The number of benzene rings is 1. The molecule has 7 nitrogen and oxygen atoms in total. The average molecular weight is 555 g/mol. The Bertz CT molecular complexity index is 880. The van der Waals surface area contributed by atoms with Gasteiger partial charge in [0.2, 0.25) is 0 Å². The third-order valence-electron chi connectivity index (χ3n) is 5.63. The molecule has 1 unspecified atom stereocenters. The van der Waals surface area contributed by atoms with E-state index in [1.54, 1.807) is 30.6 Å². The standard InChI is InChI=1S/C23H30FN5O2.HI/c1-2-26-23(29-9-7-19(17-29)28-10-12-30-13-11-28)27-15-18-5-6-22(21(24)14-18)31-20-4-3-8-25-16-20;/h3-6,8,14,16,19H,2,7,9-13,15,17H2,1H3,(H,26,27);1H. The number of morpholine rings is 1. The molecule has 2 fully saturated rings. The number of hydrogen-bond acceptors (Lipinski definition) is 5. The molecule has 2 aliphatic heterocycles. The zero-order chi connectivity index (χ0) is 21.5. The van der Waals surface area contributed by atoms with E-state index in [-0.39, 0.29) is 29.7 Å². The summed E-state index contributed by atoms with van der Waals surface area (Å²) in [4.78, 5) is 13.6. The van der Waals surface area contributed by atoms with Crippen molar-refractivity contribution in [2.24, 2.45) is 4.99 Å². The number of aliphatic imine (C=N–C) groups is 1. The third kappa shape index (κ3) is 6.52. The zero-order valence-electron chi connectivity index (χ0n) is 18.4. The van der Waals surface area contributed by atoms with Gasteiger partial charge in [-0.25, -0.2) is 9.38 Å². The molecule has 0 spiro atoms. The van der Waals surface area contributed by atoms with E-state index in [0.717, 1.165) is 63.9 Å². The summed E-state index contributed by atoms with van der Waals surface area (Å²) in [6.45, 7) is 8.83. The molecule has 174 valence electrons. The van der Waals surface area contributed by atoms with Crippen molar-refractivity contribution in [1.29, 1.82) is 0 Å². The lowest BCUT2D eigenvalue weighted by atomic mass is 10.2. The predicted octanol–water partition coefficient (Wildman–Crippen LogP) is 3.50. The van der Waals surface area contributed by atoms with Crippen molar-refractivity contribution in [2.75, 3.05) is 45.9 Å². The molecule has 0 saturated carbocycles. The fraction of sp³-hybridized carbons (Fsp3) is 0.478. The van der Waals surface area contributed by atoms with E-state index in [9.17, 15) is 4.39 Å². The van der Waals surface area contributed by atoms with Crippen molar-refractivity contribution in [3.05, 3.63) is 54.1 Å². The van der Waals surface area contributed by atoms with Crippen LogP contribution in [-0.2, 0) is 11.3 Å². The minimum Gasteiger partial charge on any atom is -0.453 e. The summed E-state index contributed by atoms with van der Waals surface area (Å²) in [5, 5.41) is 3.38. The molecule has 1 aromatic carbocycles. The van der Waals surface area contributed by atoms with Crippen LogP contribution in [0.3, 0.4) is 0 Å². The molecule has 4 rings (SSSR count). The first-order chi connectivity index (χ1) is 15.2. The number of rotatable bonds is 6. The van der Waals surface area contributed by atoms with E-state index in [0.29, 0.717) is 18.3 Å². The van der Waals surface area contributed by atoms with Crippen molar-refractivity contribution in [3.8, 4) is 11.5 Å². The smallest absolute Gasteiger partial charge is 0.194 e. The van der Waals surface area contributed by atoms with Gasteiger partial charge in [0.25, 0.3) is 0 Å². The maximum Gasteiger partial charge on any atom is 0.194 e. The Hall–Kier alpha value is -1.98. The molecular formula is C23H31FIN5O2. The van der Waals surface area contributed by atoms with Gasteiger partial charge in [-0.1, -0.05) is 6.07 Å². The maximum atomic E-state index is 14.5. The molecular weight excluding hydrogens is 524 g/mol. The number of pyridine rings is 1. The lowest BCUT2D eigenvalue weighted by molar-refractivity contribution is 0.0195. The number of halogens is 2. The van der Waals surface area contributed by atoms with Crippen LogP contribution in [-0.4, -0.2) is 72.7 Å². The quantitative estimate of drug-likeness (QED) is 0.335. The summed E-state index contributed by atoms with van der Waals surface area (Å²) in [5.41, 5.74) is 0.801. The number of nitrogens with zero attached hydrogens (tertiary/aromatic N) is 4. The van der Waals surface area contributed by atoms with E-state index in [1.165, 1.54) is 6.07 Å². The van der Waals surface area contributed by atoms with Gasteiger partial charge in [0, 0.05) is 45.0 Å². The molecule has 3 heterocycles. The van der Waals surface area contributed by atoms with Crippen LogP contribution in [0.1, 0.15) is 18.9 Å². The Balaban J connectivity index is 0.00000289. The summed E-state index contributed by atoms with van der Waals surface area (Å²) in [6.07, 6.45) is 4.33. The Kier molecular flexibility index (Phi) is 9.49. The van der Waals surface area contributed by atoms with Crippen molar-refractivity contribution in [2.45, 2.75) is 25.9 Å². The van der Waals surface area contributed by atoms with Crippen molar-refractivity contribution >= 4 is 29.9 Å². The van der Waals surface area contributed by atoms with Gasteiger partial charge >= 0.3 is 0 Å². The molecule has 32 heavy (non-hydrogen) atoms. The molecule has 1 aromatic heterocycles. The van der Waals surface area contributed by atoms with Crippen LogP contribution < -0.4 is 10.1 Å². The number of likely N-dealkylation sites (tertiary alicyclic amines) is 1. The molecule has 9 heteroatoms. The van der Waals surface area contributed by atoms with Gasteiger partial charge in [0.1, 0.15) is 5.75 Å². The van der Waals surface area contributed by atoms with Crippen LogP contribution in [0.2, 0.25) is 0 Å². The molecule has 2 aromatic rings. The molecule has 0 radical (unpaired) electrons. The molecule has 2 aliphatic rings. The highest BCUT2D eigenvalue weighted by Gasteiger charge is 2.30. The van der Waals surface area contributed by atoms with Crippen LogP contribution in [0.25, 0.3) is 0 Å². The highest BCUT2D eigenvalue weighted by molar-refractivity contribution is 14.0. The SMILES string of the molecule is CCNC(=NCc1ccc(Oc2cccnc2)c(F)c1)N1CCC(N2CCOCC2)C1.I. The van der Waals surface area contributed by atoms with Crippen LogP contribution in [0, 0.1) is 5.82 Å². The lowest BCUT2D eigenvalue weighted by Crippen LogP contribution is -2.46. The monoisotopic (exact) mass is 555 g/mol. The summed E-state index contributed by atoms with van der Waals surface area (Å²) in [7, 11) is 0. The summed E-state index contributed by atoms with van der Waals surface area (Å²) >= 11 is 0. The minimum absolute atomic E-state index is 0. The second-order valence-corrected chi connectivity index (χ2v) is 7.76. The van der Waals surface area contributed by atoms with Gasteiger partial charge in [-0.05, 0) is 43.2 Å². The topological polar surface area (TPSA) is 62.2 Å². The van der Waals surface area contributed by atoms with Crippen LogP contribution in [0.15, 0.2) is 47.7 Å². The molecule has 1 atom stereocenters. The van der Waals surface area contributed by atoms with Crippen LogP contribution >= 0.6 is 24.0 Å². The summed E-state index contributed by atoms with van der Waals surface area (Å²) in [5.74, 6) is 1.16. The molecule has 0 aliphatic carbocycles. The molecule has 0 bridgehead atoms. The van der Waals surface area contributed by atoms with Gasteiger partial charge in [0.05, 0.1) is 26.0 Å². The number of nitrogens with one attached hydrogen (secondary N) is 1. The van der Waals surface area contributed by atoms with E-state index >= 15 is 0 Å². The normalized spacial score (nSPS) is 19.5. The number of hydrogen-bond donors (Lipinski definition) is 1. The predicted molar refractivity (Wildman–Crippen MR) is 133 cm³/mol. The van der Waals surface area contributed by atoms with Crippen molar-refractivity contribution < 1.29 is 13.9 Å². The Labute approximate surface area is 206 Å². The number of ether oxygens (including phenoxy) is 2. The van der Waals surface area contributed by atoms with Crippen LogP contribution in [0.4, 0.5) is 4.39 Å². The summed E-state index contributed by atoms with van der Waals surface area (Å²) < 4.78 is 25.6. The fourth-order valence-electron chi connectivity index (χ4n) is 4.03. The zero-order valence-corrected chi connectivity index (χ0v) is 20.7. The second-order valence-electron chi connectivity index (χ2n) is 7.76. The largest absolute Gasteiger partial charge is 0.453 e. The average Bonchev–Trinajstić information content (AvgIpc) is 3.30. The van der Waals surface area contributed by atoms with E-state index < -0.39 is 5.82 Å². The number of aromatic nitrogens is 1. The Morgan fingerprint density at radius 1 is 1.28 bits per heavy atom. The fourth-order valence-corrected chi connectivity index (χ4v) is 4.03. The minimum atomic E-state index is -0.407. The van der Waals surface area contributed by atoms with E-state index in [1.807, 2.05) is 6.07 Å².